The molecule has 7 nitrogen and oxygen atoms in total. The molecule has 0 unspecified atom stereocenters. The van der Waals surface area contributed by atoms with Crippen LogP contribution in [0.25, 0.3) is 0 Å². The lowest BCUT2D eigenvalue weighted by atomic mass is 10.2. The fourth-order valence-electron chi connectivity index (χ4n) is 1.16. The summed E-state index contributed by atoms with van der Waals surface area (Å²) >= 11 is 0. The molecule has 0 saturated carbocycles. The number of hydrogen-bond acceptors (Lipinski definition) is 6. The highest BCUT2D eigenvalue weighted by Crippen LogP contribution is 2.31. The quantitative estimate of drug-likeness (QED) is 0.504. The molecule has 0 fully saturated rings. The third-order valence-corrected chi connectivity index (χ3v) is 1.88. The summed E-state index contributed by atoms with van der Waals surface area (Å²) in [6.07, 6.45) is -3.17. The molecule has 0 aliphatic heterocycles. The molecule has 1 N–H and O–H groups in total. The Kier molecular flexibility index (Phi) is 4.08. The largest absolute Gasteiger partial charge is 0.506 e. The van der Waals surface area contributed by atoms with E-state index in [1.54, 1.807) is 0 Å². The lowest BCUT2D eigenvalue weighted by Crippen LogP contribution is -2.12. The summed E-state index contributed by atoms with van der Waals surface area (Å²) in [7, 11) is 0. The zero-order valence-corrected chi connectivity index (χ0v) is 9.09. The predicted octanol–water partition coefficient (Wildman–Crippen LogP) is 1.81. The first-order valence-corrected chi connectivity index (χ1v) is 4.72. The highest BCUT2D eigenvalue weighted by atomic mass is 19.3. The number of rotatable bonds is 4. The van der Waals surface area contributed by atoms with Crippen molar-refractivity contribution in [2.45, 2.75) is 13.3 Å². The Balaban J connectivity index is 3.40. The summed E-state index contributed by atoms with van der Waals surface area (Å²) in [6.45, 7) is 1.35. The van der Waals surface area contributed by atoms with Crippen LogP contribution >= 0.6 is 0 Å². The molecule has 0 aromatic carbocycles. The van der Waals surface area contributed by atoms with Gasteiger partial charge in [-0.05, 0) is 6.92 Å². The van der Waals surface area contributed by atoms with E-state index in [-0.39, 0.29) is 6.61 Å². The Bertz CT molecular complexity index is 492. The van der Waals surface area contributed by atoms with E-state index in [0.29, 0.717) is 6.07 Å². The van der Waals surface area contributed by atoms with Gasteiger partial charge in [0.2, 0.25) is 5.69 Å². The van der Waals surface area contributed by atoms with E-state index in [0.717, 1.165) is 0 Å². The smallest absolute Gasteiger partial charge is 0.364 e. The average Bonchev–Trinajstić information content (AvgIpc) is 2.28. The highest BCUT2D eigenvalue weighted by Gasteiger charge is 2.29. The lowest BCUT2D eigenvalue weighted by Gasteiger charge is -2.06. The molecule has 0 radical (unpaired) electrons. The first kappa shape index (κ1) is 13.7. The monoisotopic (exact) mass is 262 g/mol. The van der Waals surface area contributed by atoms with Gasteiger partial charge in [-0.15, -0.1) is 0 Å². The molecule has 0 aliphatic rings. The molecule has 1 heterocycles. The van der Waals surface area contributed by atoms with Gasteiger partial charge in [-0.2, -0.15) is 0 Å². The molecule has 1 rings (SSSR count). The molecule has 1 aromatic heterocycles. The second-order valence-electron chi connectivity index (χ2n) is 3.04. The highest BCUT2D eigenvalue weighted by molar-refractivity contribution is 5.92. The van der Waals surface area contributed by atoms with Crippen LogP contribution in [-0.4, -0.2) is 27.6 Å². The van der Waals surface area contributed by atoms with Crippen molar-refractivity contribution in [2.24, 2.45) is 0 Å². The third-order valence-electron chi connectivity index (χ3n) is 1.88. The summed E-state index contributed by atoms with van der Waals surface area (Å²) in [5.74, 6) is -2.25. The van der Waals surface area contributed by atoms with Gasteiger partial charge in [-0.1, -0.05) is 0 Å². The van der Waals surface area contributed by atoms with Crippen LogP contribution in [0.1, 0.15) is 29.5 Å². The number of carbonyl (C=O) groups excluding carboxylic acids is 1. The van der Waals surface area contributed by atoms with E-state index in [2.05, 4.69) is 9.72 Å². The normalized spacial score (nSPS) is 10.4. The van der Waals surface area contributed by atoms with Gasteiger partial charge in [0, 0.05) is 0 Å². The number of ether oxygens (including phenoxy) is 1. The fourth-order valence-corrected chi connectivity index (χ4v) is 1.16. The number of pyridine rings is 1. The molecule has 1 aromatic rings. The van der Waals surface area contributed by atoms with Crippen molar-refractivity contribution in [3.8, 4) is 5.75 Å². The number of esters is 1. The molecule has 98 valence electrons. The molecule has 0 amide bonds. The van der Waals surface area contributed by atoms with Gasteiger partial charge in [0.05, 0.1) is 17.6 Å². The summed E-state index contributed by atoms with van der Waals surface area (Å²) in [5.41, 5.74) is -2.87. The van der Waals surface area contributed by atoms with Gasteiger partial charge < -0.3 is 9.84 Å². The average molecular weight is 262 g/mol. The summed E-state index contributed by atoms with van der Waals surface area (Å²) < 4.78 is 29.4. The number of halogens is 2. The van der Waals surface area contributed by atoms with E-state index in [4.69, 9.17) is 5.11 Å². The van der Waals surface area contributed by atoms with Crippen molar-refractivity contribution in [1.29, 1.82) is 0 Å². The topological polar surface area (TPSA) is 103 Å². The molecule has 0 atom stereocenters. The Morgan fingerprint density at radius 3 is 2.72 bits per heavy atom. The zero-order chi connectivity index (χ0) is 13.9. The minimum absolute atomic E-state index is 0.0947. The number of carbonyl (C=O) groups is 1. The molecule has 9 heteroatoms. The van der Waals surface area contributed by atoms with Gasteiger partial charge in [0.25, 0.3) is 6.43 Å². The second kappa shape index (κ2) is 5.34. The molecular weight excluding hydrogens is 254 g/mol. The summed E-state index contributed by atoms with van der Waals surface area (Å²) in [6, 6.07) is 0.445. The van der Waals surface area contributed by atoms with Crippen molar-refractivity contribution >= 4 is 11.7 Å². The van der Waals surface area contributed by atoms with Crippen LogP contribution in [0.3, 0.4) is 0 Å². The number of alkyl halides is 2. The van der Waals surface area contributed by atoms with Crippen molar-refractivity contribution in [2.75, 3.05) is 6.61 Å². The first-order valence-electron chi connectivity index (χ1n) is 4.72. The predicted molar refractivity (Wildman–Crippen MR) is 53.5 cm³/mol. The summed E-state index contributed by atoms with van der Waals surface area (Å²) in [4.78, 5) is 24.0. The van der Waals surface area contributed by atoms with Crippen LogP contribution < -0.4 is 0 Å². The van der Waals surface area contributed by atoms with Crippen molar-refractivity contribution < 1.29 is 28.3 Å². The summed E-state index contributed by atoms with van der Waals surface area (Å²) in [5, 5.41) is 19.8. The number of aromatic nitrogens is 1. The maximum atomic E-state index is 12.4. The minimum atomic E-state index is -3.17. The molecular formula is C9H8F2N2O5. The maximum absolute atomic E-state index is 12.4. The Morgan fingerprint density at radius 2 is 2.28 bits per heavy atom. The minimum Gasteiger partial charge on any atom is -0.506 e. The van der Waals surface area contributed by atoms with Gasteiger partial charge in [0.1, 0.15) is 11.4 Å². The maximum Gasteiger partial charge on any atom is 0.364 e. The Morgan fingerprint density at radius 1 is 1.67 bits per heavy atom. The zero-order valence-electron chi connectivity index (χ0n) is 9.09. The van der Waals surface area contributed by atoms with Crippen molar-refractivity contribution in [3.63, 3.8) is 0 Å². The van der Waals surface area contributed by atoms with Crippen molar-refractivity contribution in [1.82, 2.24) is 4.98 Å². The molecule has 0 spiro atoms. The number of aromatic hydroxyl groups is 1. The van der Waals surface area contributed by atoms with Crippen LogP contribution in [-0.2, 0) is 4.74 Å². The van der Waals surface area contributed by atoms with E-state index in [1.165, 1.54) is 6.92 Å². The molecule has 18 heavy (non-hydrogen) atoms. The first-order chi connectivity index (χ1) is 8.38. The van der Waals surface area contributed by atoms with Crippen molar-refractivity contribution in [3.05, 3.63) is 27.6 Å². The molecule has 0 aliphatic carbocycles. The van der Waals surface area contributed by atoms with Crippen LogP contribution in [0.2, 0.25) is 0 Å². The van der Waals surface area contributed by atoms with E-state index >= 15 is 0 Å². The molecule has 0 bridgehead atoms. The van der Waals surface area contributed by atoms with Gasteiger partial charge in [0.15, 0.2) is 0 Å². The molecule has 0 saturated heterocycles. The number of nitrogens with zero attached hydrogens (tertiary/aromatic N) is 2. The number of nitro groups is 1. The standard InChI is InChI=1S/C9H8F2N2O5/c1-2-18-9(15)6-4(13(16)17)3-5(14)7(12-6)8(10)11/h3,8,14H,2H2,1H3. The Labute approximate surface area is 99.2 Å². The Hall–Kier alpha value is -2.32. The lowest BCUT2D eigenvalue weighted by molar-refractivity contribution is -0.385. The number of hydrogen-bond donors (Lipinski definition) is 1. The van der Waals surface area contributed by atoms with Gasteiger partial charge in [-0.3, -0.25) is 10.1 Å². The van der Waals surface area contributed by atoms with E-state index in [1.807, 2.05) is 0 Å². The van der Waals surface area contributed by atoms with E-state index in [9.17, 15) is 23.7 Å². The van der Waals surface area contributed by atoms with Crippen LogP contribution in [0.4, 0.5) is 14.5 Å². The third kappa shape index (κ3) is 2.67. The van der Waals surface area contributed by atoms with Gasteiger partial charge >= 0.3 is 11.7 Å². The fraction of sp³-hybridized carbons (Fsp3) is 0.333. The van der Waals surface area contributed by atoms with E-state index < -0.39 is 40.1 Å². The van der Waals surface area contributed by atoms with Gasteiger partial charge in [-0.25, -0.2) is 18.6 Å². The van der Waals surface area contributed by atoms with Crippen LogP contribution in [0.15, 0.2) is 6.07 Å². The second-order valence-corrected chi connectivity index (χ2v) is 3.04. The van der Waals surface area contributed by atoms with Crippen LogP contribution in [0, 0.1) is 10.1 Å². The SMILES string of the molecule is CCOC(=O)c1nc(C(F)F)c(O)cc1[N+](=O)[O-]. The van der Waals surface area contributed by atoms with Crippen LogP contribution in [0.5, 0.6) is 5.75 Å².